The summed E-state index contributed by atoms with van der Waals surface area (Å²) in [6, 6.07) is 0. The van der Waals surface area contributed by atoms with Gasteiger partial charge in [-0.3, -0.25) is 18.9 Å². The molecule has 0 aliphatic carbocycles. The molecule has 1 aliphatic rings. The van der Waals surface area contributed by atoms with E-state index in [2.05, 4.69) is 4.99 Å². The van der Waals surface area contributed by atoms with Crippen molar-refractivity contribution >= 4 is 18.4 Å². The standard InChI is InChI=1S/C13H20N4O3S/c1-15-11(18)10(12(19)16(2)13(15)21)9-14-3-4-17-5-7-20-8-6-17/h9,18H,3-8H2,1-2H3/p+1. The van der Waals surface area contributed by atoms with Gasteiger partial charge < -0.3 is 14.7 Å². The molecule has 1 aromatic heterocycles. The first-order chi connectivity index (χ1) is 10.0. The molecule has 0 amide bonds. The van der Waals surface area contributed by atoms with E-state index >= 15 is 0 Å². The normalized spacial score (nSPS) is 16.7. The van der Waals surface area contributed by atoms with Crippen molar-refractivity contribution < 1.29 is 14.7 Å². The molecule has 0 radical (unpaired) electrons. The van der Waals surface area contributed by atoms with Crippen LogP contribution in [0.5, 0.6) is 5.88 Å². The summed E-state index contributed by atoms with van der Waals surface area (Å²) >= 11 is 5.06. The first-order valence-corrected chi connectivity index (χ1v) is 7.33. The number of quaternary nitrogens is 1. The maximum atomic E-state index is 12.1. The Morgan fingerprint density at radius 3 is 2.71 bits per heavy atom. The number of nitrogens with zero attached hydrogens (tertiary/aromatic N) is 3. The molecule has 1 saturated heterocycles. The van der Waals surface area contributed by atoms with Crippen LogP contribution in [0.1, 0.15) is 5.56 Å². The van der Waals surface area contributed by atoms with E-state index in [4.69, 9.17) is 17.0 Å². The Morgan fingerprint density at radius 1 is 1.38 bits per heavy atom. The van der Waals surface area contributed by atoms with Crippen LogP contribution in [-0.4, -0.2) is 59.8 Å². The van der Waals surface area contributed by atoms with Crippen LogP contribution in [-0.2, 0) is 18.8 Å². The number of hydrogen-bond acceptors (Lipinski definition) is 5. The quantitative estimate of drug-likeness (QED) is 0.524. The minimum Gasteiger partial charge on any atom is -0.494 e. The van der Waals surface area contributed by atoms with E-state index < -0.39 is 0 Å². The van der Waals surface area contributed by atoms with Crippen LogP contribution in [0.25, 0.3) is 0 Å². The van der Waals surface area contributed by atoms with Crippen LogP contribution in [0, 0.1) is 4.77 Å². The number of morpholine rings is 1. The van der Waals surface area contributed by atoms with Gasteiger partial charge in [-0.2, -0.15) is 0 Å². The van der Waals surface area contributed by atoms with Gasteiger partial charge in [0.1, 0.15) is 18.7 Å². The molecule has 2 N–H and O–H groups in total. The Labute approximate surface area is 128 Å². The zero-order chi connectivity index (χ0) is 15.4. The summed E-state index contributed by atoms with van der Waals surface area (Å²) in [5, 5.41) is 10.0. The number of aliphatic imine (C=N–C) groups is 1. The monoisotopic (exact) mass is 313 g/mol. The van der Waals surface area contributed by atoms with Gasteiger partial charge >= 0.3 is 0 Å². The highest BCUT2D eigenvalue weighted by Crippen LogP contribution is 2.09. The Kier molecular flexibility index (Phi) is 5.27. The molecule has 1 aliphatic heterocycles. The van der Waals surface area contributed by atoms with E-state index in [9.17, 15) is 9.90 Å². The Balaban J connectivity index is 2.07. The molecule has 1 aromatic rings. The minimum absolute atomic E-state index is 0.148. The summed E-state index contributed by atoms with van der Waals surface area (Å²) in [5.74, 6) is -0.148. The molecule has 21 heavy (non-hydrogen) atoms. The van der Waals surface area contributed by atoms with Gasteiger partial charge in [-0.1, -0.05) is 0 Å². The Bertz CT molecular complexity index is 644. The zero-order valence-corrected chi connectivity index (χ0v) is 13.2. The van der Waals surface area contributed by atoms with E-state index in [1.54, 1.807) is 14.1 Å². The van der Waals surface area contributed by atoms with E-state index in [0.717, 1.165) is 32.8 Å². The topological polar surface area (TPSA) is 73.2 Å². The number of rotatable bonds is 4. The first-order valence-electron chi connectivity index (χ1n) is 6.92. The van der Waals surface area contributed by atoms with Gasteiger partial charge in [-0.25, -0.2) is 0 Å². The highest BCUT2D eigenvalue weighted by atomic mass is 32.1. The van der Waals surface area contributed by atoms with Crippen molar-refractivity contribution in [1.29, 1.82) is 0 Å². The summed E-state index contributed by atoms with van der Waals surface area (Å²) in [6.45, 7) is 5.06. The van der Waals surface area contributed by atoms with Crippen molar-refractivity contribution in [2.45, 2.75) is 0 Å². The first kappa shape index (κ1) is 15.9. The molecule has 8 heteroatoms. The third-order valence-corrected chi connectivity index (χ3v) is 4.23. The van der Waals surface area contributed by atoms with Gasteiger partial charge in [0.05, 0.1) is 26.3 Å². The van der Waals surface area contributed by atoms with E-state index in [-0.39, 0.29) is 21.8 Å². The fraction of sp³-hybridized carbons (Fsp3) is 0.615. The lowest BCUT2D eigenvalue weighted by Gasteiger charge is -2.22. The molecule has 0 bridgehead atoms. The molecule has 1 fully saturated rings. The molecule has 2 rings (SSSR count). The smallest absolute Gasteiger partial charge is 0.266 e. The van der Waals surface area contributed by atoms with Gasteiger partial charge in [0.15, 0.2) is 4.77 Å². The summed E-state index contributed by atoms with van der Waals surface area (Å²) in [6.07, 6.45) is 1.44. The molecule has 7 nitrogen and oxygen atoms in total. The molecular weight excluding hydrogens is 292 g/mol. The Hall–Kier alpha value is -1.51. The largest absolute Gasteiger partial charge is 0.494 e. The number of hydrogen-bond donors (Lipinski definition) is 2. The maximum Gasteiger partial charge on any atom is 0.266 e. The molecule has 0 atom stereocenters. The predicted molar refractivity (Wildman–Crippen MR) is 82.0 cm³/mol. The SMILES string of the molecule is Cn1c(O)c(C=NCC[NH+]2CCOCC2)c(=O)n(C)c1=S. The average molecular weight is 313 g/mol. The fourth-order valence-electron chi connectivity index (χ4n) is 2.26. The van der Waals surface area contributed by atoms with Crippen LogP contribution in [0.2, 0.25) is 0 Å². The molecular formula is C13H21N4O3S+. The molecule has 0 aromatic carbocycles. The lowest BCUT2D eigenvalue weighted by Crippen LogP contribution is -3.14. The minimum atomic E-state index is -0.335. The molecule has 2 heterocycles. The number of aromatic hydroxyl groups is 1. The predicted octanol–water partition coefficient (Wildman–Crippen LogP) is -1.51. The van der Waals surface area contributed by atoms with Crippen molar-refractivity contribution in [3.05, 3.63) is 20.7 Å². The van der Waals surface area contributed by atoms with E-state index in [0.29, 0.717) is 6.54 Å². The number of nitrogens with one attached hydrogen (secondary N) is 1. The zero-order valence-electron chi connectivity index (χ0n) is 12.3. The third-order valence-electron chi connectivity index (χ3n) is 3.68. The summed E-state index contributed by atoms with van der Waals surface area (Å²) in [5.41, 5.74) is -0.163. The maximum absolute atomic E-state index is 12.1. The lowest BCUT2D eigenvalue weighted by atomic mass is 10.3. The van der Waals surface area contributed by atoms with Crippen LogP contribution < -0.4 is 10.5 Å². The Morgan fingerprint density at radius 2 is 2.05 bits per heavy atom. The van der Waals surface area contributed by atoms with Crippen molar-refractivity contribution in [3.8, 4) is 5.88 Å². The van der Waals surface area contributed by atoms with E-state index in [1.165, 1.54) is 20.2 Å². The van der Waals surface area contributed by atoms with Gasteiger partial charge in [0.2, 0.25) is 5.88 Å². The van der Waals surface area contributed by atoms with Crippen molar-refractivity contribution in [2.24, 2.45) is 19.1 Å². The number of ether oxygens (including phenoxy) is 1. The summed E-state index contributed by atoms with van der Waals surface area (Å²) in [4.78, 5) is 17.8. The van der Waals surface area contributed by atoms with E-state index in [1.807, 2.05) is 0 Å². The molecule has 0 unspecified atom stereocenters. The highest BCUT2D eigenvalue weighted by molar-refractivity contribution is 7.71. The van der Waals surface area contributed by atoms with Gasteiger partial charge in [-0.15, -0.1) is 0 Å². The van der Waals surface area contributed by atoms with Crippen molar-refractivity contribution in [3.63, 3.8) is 0 Å². The van der Waals surface area contributed by atoms with Crippen LogP contribution in [0.3, 0.4) is 0 Å². The molecule has 116 valence electrons. The van der Waals surface area contributed by atoms with Gasteiger partial charge in [0, 0.05) is 20.3 Å². The van der Waals surface area contributed by atoms with Crippen molar-refractivity contribution in [1.82, 2.24) is 9.13 Å². The van der Waals surface area contributed by atoms with Gasteiger partial charge in [-0.05, 0) is 12.2 Å². The van der Waals surface area contributed by atoms with Crippen LogP contribution in [0.4, 0.5) is 0 Å². The molecule has 0 spiro atoms. The summed E-state index contributed by atoms with van der Waals surface area (Å²) in [7, 11) is 3.20. The van der Waals surface area contributed by atoms with Gasteiger partial charge in [0.25, 0.3) is 5.56 Å². The lowest BCUT2D eigenvalue weighted by molar-refractivity contribution is -0.906. The second kappa shape index (κ2) is 6.97. The highest BCUT2D eigenvalue weighted by Gasteiger charge is 2.13. The molecule has 0 saturated carbocycles. The number of aromatic nitrogens is 2. The second-order valence-electron chi connectivity index (χ2n) is 5.09. The van der Waals surface area contributed by atoms with Crippen LogP contribution in [0.15, 0.2) is 9.79 Å². The fourth-order valence-corrected chi connectivity index (χ4v) is 2.43. The van der Waals surface area contributed by atoms with Crippen molar-refractivity contribution in [2.75, 3.05) is 39.4 Å². The second-order valence-corrected chi connectivity index (χ2v) is 5.46. The third kappa shape index (κ3) is 3.58. The summed E-state index contributed by atoms with van der Waals surface area (Å²) < 4.78 is 8.28. The van der Waals surface area contributed by atoms with Crippen LogP contribution >= 0.6 is 12.2 Å². The average Bonchev–Trinajstić information content (AvgIpc) is 2.51.